The van der Waals surface area contributed by atoms with Crippen molar-refractivity contribution >= 4 is 0 Å². The fourth-order valence-corrected chi connectivity index (χ4v) is 2.43. The summed E-state index contributed by atoms with van der Waals surface area (Å²) in [7, 11) is 1.82. The van der Waals surface area contributed by atoms with Gasteiger partial charge in [-0.3, -0.25) is 5.32 Å². The van der Waals surface area contributed by atoms with E-state index in [0.29, 0.717) is 18.7 Å². The minimum atomic E-state index is -4.28. The molecule has 1 aliphatic rings. The summed E-state index contributed by atoms with van der Waals surface area (Å²) in [4.78, 5) is 1.89. The number of piperidine rings is 1. The standard InChI is InChI=1S/C14H18F4N2/c1-20-8-6-13(7-9-20,14(16,17)18)19-10-11-2-4-12(15)5-3-11/h2-5,19H,6-10H2,1H3. The number of hydrogen-bond acceptors (Lipinski definition) is 2. The molecular weight excluding hydrogens is 272 g/mol. The van der Waals surface area contributed by atoms with Gasteiger partial charge in [0.25, 0.3) is 0 Å². The van der Waals surface area contributed by atoms with E-state index in [9.17, 15) is 17.6 Å². The lowest BCUT2D eigenvalue weighted by atomic mass is 9.86. The highest BCUT2D eigenvalue weighted by atomic mass is 19.4. The van der Waals surface area contributed by atoms with Crippen LogP contribution in [0.15, 0.2) is 24.3 Å². The third-order valence-electron chi connectivity index (χ3n) is 3.93. The van der Waals surface area contributed by atoms with E-state index in [-0.39, 0.29) is 19.4 Å². The molecule has 2 nitrogen and oxygen atoms in total. The number of likely N-dealkylation sites (tertiary alicyclic amines) is 1. The summed E-state index contributed by atoms with van der Waals surface area (Å²) in [5, 5.41) is 2.66. The predicted octanol–water partition coefficient (Wildman–Crippen LogP) is 2.94. The topological polar surface area (TPSA) is 15.3 Å². The zero-order valence-electron chi connectivity index (χ0n) is 11.3. The van der Waals surface area contributed by atoms with Crippen molar-refractivity contribution in [3.05, 3.63) is 35.6 Å². The first kappa shape index (κ1) is 15.3. The fourth-order valence-electron chi connectivity index (χ4n) is 2.43. The molecule has 0 spiro atoms. The Kier molecular flexibility index (Phi) is 4.34. The van der Waals surface area contributed by atoms with E-state index in [4.69, 9.17) is 0 Å². The summed E-state index contributed by atoms with van der Waals surface area (Å²) in [6.45, 7) is 0.912. The molecule has 1 aromatic carbocycles. The molecule has 1 aliphatic heterocycles. The van der Waals surface area contributed by atoms with Crippen LogP contribution in [0.1, 0.15) is 18.4 Å². The van der Waals surface area contributed by atoms with Crippen LogP contribution < -0.4 is 5.32 Å². The molecular formula is C14H18F4N2. The lowest BCUT2D eigenvalue weighted by Crippen LogP contribution is -2.61. The zero-order valence-corrected chi connectivity index (χ0v) is 11.3. The maximum absolute atomic E-state index is 13.3. The van der Waals surface area contributed by atoms with Crippen LogP contribution in [0.25, 0.3) is 0 Å². The Morgan fingerprint density at radius 3 is 2.20 bits per heavy atom. The molecule has 112 valence electrons. The van der Waals surface area contributed by atoms with Crippen molar-refractivity contribution in [1.82, 2.24) is 10.2 Å². The molecule has 0 radical (unpaired) electrons. The molecule has 1 saturated heterocycles. The van der Waals surface area contributed by atoms with Gasteiger partial charge in [0, 0.05) is 6.54 Å². The highest BCUT2D eigenvalue weighted by molar-refractivity contribution is 5.16. The molecule has 0 bridgehead atoms. The summed E-state index contributed by atoms with van der Waals surface area (Å²) >= 11 is 0. The van der Waals surface area contributed by atoms with Gasteiger partial charge in [-0.05, 0) is 50.7 Å². The number of rotatable bonds is 3. The Hall–Kier alpha value is -1.14. The monoisotopic (exact) mass is 290 g/mol. The van der Waals surface area contributed by atoms with E-state index in [2.05, 4.69) is 5.32 Å². The summed E-state index contributed by atoms with van der Waals surface area (Å²) in [5.41, 5.74) is -1.19. The van der Waals surface area contributed by atoms with Gasteiger partial charge in [0.1, 0.15) is 11.4 Å². The van der Waals surface area contributed by atoms with Crippen molar-refractivity contribution in [1.29, 1.82) is 0 Å². The Bertz CT molecular complexity index is 433. The van der Waals surface area contributed by atoms with Gasteiger partial charge in [0.05, 0.1) is 0 Å². The van der Waals surface area contributed by atoms with Crippen LogP contribution in [0, 0.1) is 5.82 Å². The second-order valence-corrected chi connectivity index (χ2v) is 5.36. The second kappa shape index (κ2) is 5.69. The molecule has 0 aliphatic carbocycles. The molecule has 0 aromatic heterocycles. The van der Waals surface area contributed by atoms with Gasteiger partial charge >= 0.3 is 6.18 Å². The first-order valence-corrected chi connectivity index (χ1v) is 6.57. The van der Waals surface area contributed by atoms with Crippen molar-refractivity contribution in [3.8, 4) is 0 Å². The van der Waals surface area contributed by atoms with Gasteiger partial charge in [-0.1, -0.05) is 12.1 Å². The molecule has 6 heteroatoms. The smallest absolute Gasteiger partial charge is 0.306 e. The van der Waals surface area contributed by atoms with Gasteiger partial charge in [0.2, 0.25) is 0 Å². The predicted molar refractivity (Wildman–Crippen MR) is 68.8 cm³/mol. The van der Waals surface area contributed by atoms with E-state index in [0.717, 1.165) is 0 Å². The molecule has 0 atom stereocenters. The van der Waals surface area contributed by atoms with Gasteiger partial charge in [-0.25, -0.2) is 4.39 Å². The van der Waals surface area contributed by atoms with Crippen molar-refractivity contribution in [3.63, 3.8) is 0 Å². The van der Waals surface area contributed by atoms with Crippen molar-refractivity contribution in [2.75, 3.05) is 20.1 Å². The molecule has 1 heterocycles. The molecule has 20 heavy (non-hydrogen) atoms. The van der Waals surface area contributed by atoms with Crippen molar-refractivity contribution < 1.29 is 17.6 Å². The van der Waals surface area contributed by atoms with Crippen LogP contribution in [0.2, 0.25) is 0 Å². The molecule has 1 N–H and O–H groups in total. The van der Waals surface area contributed by atoms with Gasteiger partial charge in [-0.2, -0.15) is 13.2 Å². The van der Waals surface area contributed by atoms with Crippen LogP contribution in [-0.2, 0) is 6.54 Å². The third kappa shape index (κ3) is 3.30. The van der Waals surface area contributed by atoms with Crippen LogP contribution >= 0.6 is 0 Å². The molecule has 1 aromatic rings. The molecule has 0 saturated carbocycles. The average molecular weight is 290 g/mol. The Labute approximate surface area is 115 Å². The molecule has 1 fully saturated rings. The number of alkyl halides is 3. The SMILES string of the molecule is CN1CCC(NCc2ccc(F)cc2)(C(F)(F)F)CC1. The lowest BCUT2D eigenvalue weighted by Gasteiger charge is -2.42. The van der Waals surface area contributed by atoms with Gasteiger partial charge in [0.15, 0.2) is 0 Å². The highest BCUT2D eigenvalue weighted by Gasteiger charge is 2.54. The third-order valence-corrected chi connectivity index (χ3v) is 3.93. The van der Waals surface area contributed by atoms with Crippen LogP contribution in [0.5, 0.6) is 0 Å². The first-order chi connectivity index (χ1) is 9.32. The number of benzene rings is 1. The number of halogens is 4. The van der Waals surface area contributed by atoms with Crippen molar-refractivity contribution in [2.45, 2.75) is 31.1 Å². The van der Waals surface area contributed by atoms with Crippen LogP contribution in [0.3, 0.4) is 0 Å². The van der Waals surface area contributed by atoms with Gasteiger partial charge in [-0.15, -0.1) is 0 Å². The first-order valence-electron chi connectivity index (χ1n) is 6.57. The lowest BCUT2D eigenvalue weighted by molar-refractivity contribution is -0.208. The molecule has 0 amide bonds. The number of nitrogens with zero attached hydrogens (tertiary/aromatic N) is 1. The molecule has 0 unspecified atom stereocenters. The normalized spacial score (nSPS) is 20.1. The Morgan fingerprint density at radius 1 is 1.15 bits per heavy atom. The largest absolute Gasteiger partial charge is 0.406 e. The van der Waals surface area contributed by atoms with E-state index < -0.39 is 17.5 Å². The highest BCUT2D eigenvalue weighted by Crippen LogP contribution is 2.38. The second-order valence-electron chi connectivity index (χ2n) is 5.36. The van der Waals surface area contributed by atoms with Crippen molar-refractivity contribution in [2.24, 2.45) is 0 Å². The van der Waals surface area contributed by atoms with E-state index in [1.165, 1.54) is 24.3 Å². The quantitative estimate of drug-likeness (QED) is 0.861. The molecule has 2 rings (SSSR count). The Balaban J connectivity index is 2.07. The summed E-state index contributed by atoms with van der Waals surface area (Å²) in [6.07, 6.45) is -4.21. The summed E-state index contributed by atoms with van der Waals surface area (Å²) in [5.74, 6) is -0.390. The number of hydrogen-bond donors (Lipinski definition) is 1. The summed E-state index contributed by atoms with van der Waals surface area (Å²) in [6, 6.07) is 5.51. The zero-order chi connectivity index (χ0) is 14.8. The van der Waals surface area contributed by atoms with E-state index >= 15 is 0 Å². The van der Waals surface area contributed by atoms with Crippen LogP contribution in [-0.4, -0.2) is 36.8 Å². The minimum absolute atomic E-state index is 0.0359. The van der Waals surface area contributed by atoms with E-state index in [1.807, 2.05) is 11.9 Å². The van der Waals surface area contributed by atoms with Gasteiger partial charge < -0.3 is 4.90 Å². The van der Waals surface area contributed by atoms with E-state index in [1.54, 1.807) is 0 Å². The average Bonchev–Trinajstić information content (AvgIpc) is 2.39. The number of nitrogens with one attached hydrogen (secondary N) is 1. The minimum Gasteiger partial charge on any atom is -0.306 e. The maximum Gasteiger partial charge on any atom is 0.406 e. The van der Waals surface area contributed by atoms with Crippen LogP contribution in [0.4, 0.5) is 17.6 Å². The maximum atomic E-state index is 13.3. The summed E-state index contributed by atoms with van der Waals surface area (Å²) < 4.78 is 52.8. The Morgan fingerprint density at radius 2 is 1.70 bits per heavy atom. The fraction of sp³-hybridized carbons (Fsp3) is 0.571.